The Morgan fingerprint density at radius 1 is 1.15 bits per heavy atom. The first-order chi connectivity index (χ1) is 13.2. The van der Waals surface area contributed by atoms with Crippen LogP contribution in [0.15, 0.2) is 53.7 Å². The Morgan fingerprint density at radius 2 is 1.96 bits per heavy atom. The molecule has 7 nitrogen and oxygen atoms in total. The van der Waals surface area contributed by atoms with Gasteiger partial charge in [-0.2, -0.15) is 0 Å². The highest BCUT2D eigenvalue weighted by Gasteiger charge is 2.29. The fourth-order valence-corrected chi connectivity index (χ4v) is 3.48. The summed E-state index contributed by atoms with van der Waals surface area (Å²) >= 11 is 0. The molecule has 0 spiro atoms. The largest absolute Gasteiger partial charge is 0.328 e. The molecular weight excluding hydrogens is 342 g/mol. The number of nitrogens with zero attached hydrogens (tertiary/aromatic N) is 5. The fraction of sp³-hybridized carbons (Fsp3) is 0.250. The van der Waals surface area contributed by atoms with Gasteiger partial charge in [0.15, 0.2) is 0 Å². The Morgan fingerprint density at radius 3 is 2.67 bits per heavy atom. The first-order valence-electron chi connectivity index (χ1n) is 8.85. The average molecular weight is 361 g/mol. The third kappa shape index (κ3) is 3.01. The lowest BCUT2D eigenvalue weighted by molar-refractivity contribution is -0.109. The molecule has 0 saturated heterocycles. The first kappa shape index (κ1) is 17.1. The zero-order chi connectivity index (χ0) is 18.8. The minimum absolute atomic E-state index is 0.101. The Balaban J connectivity index is 1.88. The van der Waals surface area contributed by atoms with Crippen molar-refractivity contribution in [3.8, 4) is 11.4 Å². The minimum Gasteiger partial charge on any atom is -0.328 e. The van der Waals surface area contributed by atoms with Gasteiger partial charge in [0, 0.05) is 24.8 Å². The van der Waals surface area contributed by atoms with Crippen LogP contribution < -0.4 is 10.5 Å². The van der Waals surface area contributed by atoms with E-state index in [4.69, 9.17) is 4.98 Å². The zero-order valence-corrected chi connectivity index (χ0v) is 14.9. The predicted octanol–water partition coefficient (Wildman–Crippen LogP) is 2.16. The number of hydrogen-bond acceptors (Lipinski definition) is 6. The van der Waals surface area contributed by atoms with Crippen molar-refractivity contribution >= 4 is 12.2 Å². The highest BCUT2D eigenvalue weighted by atomic mass is 16.1. The van der Waals surface area contributed by atoms with Crippen LogP contribution in [-0.2, 0) is 11.3 Å². The van der Waals surface area contributed by atoms with E-state index in [-0.39, 0.29) is 5.56 Å². The van der Waals surface area contributed by atoms with Gasteiger partial charge < -0.3 is 9.69 Å². The monoisotopic (exact) mass is 361 g/mol. The highest BCUT2D eigenvalue weighted by Crippen LogP contribution is 2.29. The van der Waals surface area contributed by atoms with Crippen LogP contribution in [0.1, 0.15) is 23.6 Å². The molecule has 136 valence electrons. The van der Waals surface area contributed by atoms with E-state index in [0.29, 0.717) is 36.0 Å². The van der Waals surface area contributed by atoms with Crippen molar-refractivity contribution in [3.63, 3.8) is 0 Å². The lowest BCUT2D eigenvalue weighted by atomic mass is 10.1. The van der Waals surface area contributed by atoms with Crippen molar-refractivity contribution in [3.05, 3.63) is 70.4 Å². The first-order valence-corrected chi connectivity index (χ1v) is 8.85. The number of aromatic nitrogens is 4. The summed E-state index contributed by atoms with van der Waals surface area (Å²) < 4.78 is 1.66. The van der Waals surface area contributed by atoms with Gasteiger partial charge in [-0.05, 0) is 25.0 Å². The molecule has 27 heavy (non-hydrogen) atoms. The number of rotatable bonds is 4. The standard InChI is InChI=1S/C20H19N5O2/c1-14-18(16-8-9-21-13-22-16)23-20-24(10-5-11-25(20)19(14)27)17(12-26)15-6-3-2-4-7-15/h2-4,6-9,12-13,17H,5,10-11H2,1H3. The molecule has 1 aliphatic rings. The van der Waals surface area contributed by atoms with Gasteiger partial charge in [-0.3, -0.25) is 9.36 Å². The SMILES string of the molecule is Cc1c(-c2ccncn2)nc2n(c1=O)CCCN2C(C=O)c1ccccc1. The highest BCUT2D eigenvalue weighted by molar-refractivity contribution is 5.68. The summed E-state index contributed by atoms with van der Waals surface area (Å²) in [5.74, 6) is 0.506. The molecule has 0 N–H and O–H groups in total. The van der Waals surface area contributed by atoms with Crippen LogP contribution in [0.3, 0.4) is 0 Å². The van der Waals surface area contributed by atoms with Gasteiger partial charge in [0.05, 0.1) is 5.69 Å². The van der Waals surface area contributed by atoms with E-state index in [1.165, 1.54) is 6.33 Å². The molecule has 0 radical (unpaired) electrons. The summed E-state index contributed by atoms with van der Waals surface area (Å²) in [6.45, 7) is 2.99. The van der Waals surface area contributed by atoms with E-state index in [2.05, 4.69) is 9.97 Å². The van der Waals surface area contributed by atoms with Crippen molar-refractivity contribution in [2.24, 2.45) is 0 Å². The molecular formula is C20H19N5O2. The van der Waals surface area contributed by atoms with Crippen molar-refractivity contribution in [1.29, 1.82) is 0 Å². The maximum Gasteiger partial charge on any atom is 0.258 e. The molecule has 0 bridgehead atoms. The van der Waals surface area contributed by atoms with Gasteiger partial charge in [0.2, 0.25) is 5.95 Å². The second kappa shape index (κ2) is 7.11. The van der Waals surface area contributed by atoms with E-state index in [9.17, 15) is 9.59 Å². The van der Waals surface area contributed by atoms with Crippen molar-refractivity contribution < 1.29 is 4.79 Å². The summed E-state index contributed by atoms with van der Waals surface area (Å²) in [6, 6.07) is 10.8. The summed E-state index contributed by atoms with van der Waals surface area (Å²) in [5.41, 5.74) is 2.44. The van der Waals surface area contributed by atoms with Crippen LogP contribution in [0.5, 0.6) is 0 Å². The minimum atomic E-state index is -0.495. The normalized spacial score (nSPS) is 14.5. The number of benzene rings is 1. The van der Waals surface area contributed by atoms with Gasteiger partial charge in [-0.25, -0.2) is 15.0 Å². The quantitative estimate of drug-likeness (QED) is 0.663. The van der Waals surface area contributed by atoms with Crippen LogP contribution in [0.2, 0.25) is 0 Å². The van der Waals surface area contributed by atoms with E-state index in [0.717, 1.165) is 18.3 Å². The Bertz CT molecular complexity index is 1020. The molecule has 1 aliphatic heterocycles. The van der Waals surface area contributed by atoms with Gasteiger partial charge in [0.25, 0.3) is 5.56 Å². The molecule has 4 rings (SSSR count). The van der Waals surface area contributed by atoms with Gasteiger partial charge in [-0.1, -0.05) is 30.3 Å². The summed E-state index contributed by atoms with van der Waals surface area (Å²) in [4.78, 5) is 39.7. The Hall–Kier alpha value is -3.35. The maximum absolute atomic E-state index is 13.0. The number of anilines is 1. The summed E-state index contributed by atoms with van der Waals surface area (Å²) in [6.07, 6.45) is 4.74. The Labute approximate surface area is 156 Å². The third-order valence-electron chi connectivity index (χ3n) is 4.84. The maximum atomic E-state index is 13.0. The van der Waals surface area contributed by atoms with E-state index < -0.39 is 6.04 Å². The lowest BCUT2D eigenvalue weighted by Gasteiger charge is -2.35. The zero-order valence-electron chi connectivity index (χ0n) is 14.9. The molecule has 1 atom stereocenters. The van der Waals surface area contributed by atoms with E-state index >= 15 is 0 Å². The molecule has 0 fully saturated rings. The number of carbonyl (C=O) groups excluding carboxylic acids is 1. The molecule has 0 amide bonds. The number of aldehydes is 1. The molecule has 7 heteroatoms. The van der Waals surface area contributed by atoms with E-state index in [1.54, 1.807) is 23.8 Å². The topological polar surface area (TPSA) is 81.0 Å². The van der Waals surface area contributed by atoms with Crippen molar-refractivity contribution in [2.45, 2.75) is 25.9 Å². The van der Waals surface area contributed by atoms with Gasteiger partial charge in [0.1, 0.15) is 24.3 Å². The lowest BCUT2D eigenvalue weighted by Crippen LogP contribution is -2.42. The average Bonchev–Trinajstić information content (AvgIpc) is 2.73. The molecule has 2 aromatic heterocycles. The van der Waals surface area contributed by atoms with Crippen LogP contribution in [0.4, 0.5) is 5.95 Å². The molecule has 3 heterocycles. The number of fused-ring (bicyclic) bond motifs is 1. The fourth-order valence-electron chi connectivity index (χ4n) is 3.48. The molecule has 0 saturated carbocycles. The molecule has 1 unspecified atom stereocenters. The van der Waals surface area contributed by atoms with Gasteiger partial charge in [-0.15, -0.1) is 0 Å². The van der Waals surface area contributed by atoms with Crippen LogP contribution in [0.25, 0.3) is 11.4 Å². The van der Waals surface area contributed by atoms with Crippen LogP contribution in [0, 0.1) is 6.92 Å². The number of hydrogen-bond donors (Lipinski definition) is 0. The van der Waals surface area contributed by atoms with Crippen LogP contribution in [-0.4, -0.2) is 32.3 Å². The van der Waals surface area contributed by atoms with Crippen LogP contribution >= 0.6 is 0 Å². The molecule has 0 aliphatic carbocycles. The third-order valence-corrected chi connectivity index (χ3v) is 4.84. The smallest absolute Gasteiger partial charge is 0.258 e. The molecule has 3 aromatic rings. The Kier molecular flexibility index (Phi) is 4.50. The summed E-state index contributed by atoms with van der Waals surface area (Å²) in [7, 11) is 0. The van der Waals surface area contributed by atoms with Crippen molar-refractivity contribution in [1.82, 2.24) is 19.5 Å². The molecule has 1 aromatic carbocycles. The summed E-state index contributed by atoms with van der Waals surface area (Å²) in [5, 5.41) is 0. The van der Waals surface area contributed by atoms with E-state index in [1.807, 2.05) is 35.2 Å². The van der Waals surface area contributed by atoms with Crippen molar-refractivity contribution in [2.75, 3.05) is 11.4 Å². The number of carbonyl (C=O) groups is 1. The second-order valence-electron chi connectivity index (χ2n) is 6.48. The predicted molar refractivity (Wildman–Crippen MR) is 101 cm³/mol. The van der Waals surface area contributed by atoms with Gasteiger partial charge >= 0.3 is 0 Å². The second-order valence-corrected chi connectivity index (χ2v) is 6.48.